The predicted octanol–water partition coefficient (Wildman–Crippen LogP) is 0.984. The van der Waals surface area contributed by atoms with E-state index in [2.05, 4.69) is 4.74 Å². The Hall–Kier alpha value is -0.770. The van der Waals surface area contributed by atoms with Crippen LogP contribution in [0.2, 0.25) is 0 Å². The van der Waals surface area contributed by atoms with E-state index in [0.29, 0.717) is 6.42 Å². The van der Waals surface area contributed by atoms with Crippen molar-refractivity contribution in [2.24, 2.45) is 0 Å². The molecule has 1 aliphatic rings. The first kappa shape index (κ1) is 8.33. The highest BCUT2D eigenvalue weighted by Gasteiger charge is 2.22. The molecule has 1 saturated carbocycles. The maximum Gasteiger partial charge on any atom is 0.506 e. The van der Waals surface area contributed by atoms with Crippen molar-refractivity contribution >= 4 is 6.16 Å². The molecule has 4 heteroatoms. The van der Waals surface area contributed by atoms with E-state index >= 15 is 0 Å². The van der Waals surface area contributed by atoms with Gasteiger partial charge in [-0.2, -0.15) is 0 Å². The second-order valence-corrected chi connectivity index (χ2v) is 2.83. The van der Waals surface area contributed by atoms with Crippen LogP contribution in [0.3, 0.4) is 0 Å². The van der Waals surface area contributed by atoms with Gasteiger partial charge in [0.1, 0.15) is 6.10 Å². The average molecular weight is 160 g/mol. The van der Waals surface area contributed by atoms with Crippen LogP contribution in [0, 0.1) is 0 Å². The van der Waals surface area contributed by atoms with E-state index in [-0.39, 0.29) is 12.2 Å². The monoisotopic (exact) mass is 160 g/mol. The van der Waals surface area contributed by atoms with Crippen LogP contribution < -0.4 is 0 Å². The minimum atomic E-state index is -1.25. The van der Waals surface area contributed by atoms with Crippen LogP contribution in [0.5, 0.6) is 0 Å². The van der Waals surface area contributed by atoms with Gasteiger partial charge < -0.3 is 14.9 Å². The molecule has 64 valence electrons. The smallest absolute Gasteiger partial charge is 0.450 e. The Morgan fingerprint density at radius 3 is 2.73 bits per heavy atom. The van der Waals surface area contributed by atoms with Crippen LogP contribution in [-0.2, 0) is 4.74 Å². The minimum Gasteiger partial charge on any atom is -0.450 e. The molecule has 0 unspecified atom stereocenters. The first-order valence-corrected chi connectivity index (χ1v) is 3.76. The fourth-order valence-electron chi connectivity index (χ4n) is 1.37. The van der Waals surface area contributed by atoms with Gasteiger partial charge in [-0.3, -0.25) is 0 Å². The molecule has 4 nitrogen and oxygen atoms in total. The molecule has 0 bridgehead atoms. The molecule has 1 rings (SSSR count). The molecule has 2 atom stereocenters. The fraction of sp³-hybridized carbons (Fsp3) is 0.857. The lowest BCUT2D eigenvalue weighted by molar-refractivity contribution is 0.000892. The predicted molar refractivity (Wildman–Crippen MR) is 37.4 cm³/mol. The molecular formula is C7H12O4. The summed E-state index contributed by atoms with van der Waals surface area (Å²) < 4.78 is 4.52. The number of rotatable bonds is 1. The maximum atomic E-state index is 10.1. The van der Waals surface area contributed by atoms with E-state index in [9.17, 15) is 4.79 Å². The Morgan fingerprint density at radius 2 is 2.18 bits per heavy atom. The van der Waals surface area contributed by atoms with Gasteiger partial charge in [-0.15, -0.1) is 0 Å². The highest BCUT2D eigenvalue weighted by molar-refractivity contribution is 5.57. The lowest BCUT2D eigenvalue weighted by Crippen LogP contribution is -2.27. The van der Waals surface area contributed by atoms with Crippen LogP contribution >= 0.6 is 0 Å². The van der Waals surface area contributed by atoms with Gasteiger partial charge in [-0.05, 0) is 19.3 Å². The third-order valence-electron chi connectivity index (χ3n) is 1.87. The van der Waals surface area contributed by atoms with Crippen molar-refractivity contribution in [3.63, 3.8) is 0 Å². The lowest BCUT2D eigenvalue weighted by atomic mass is 9.95. The molecule has 1 aliphatic carbocycles. The molecule has 0 heterocycles. The number of hydrogen-bond donors (Lipinski definition) is 2. The van der Waals surface area contributed by atoms with Crippen molar-refractivity contribution in [1.82, 2.24) is 0 Å². The molecule has 0 amide bonds. The number of carbonyl (C=O) groups is 1. The summed E-state index contributed by atoms with van der Waals surface area (Å²) in [5, 5.41) is 17.4. The number of hydrogen-bond acceptors (Lipinski definition) is 3. The summed E-state index contributed by atoms with van der Waals surface area (Å²) in [5.41, 5.74) is 0. The summed E-state index contributed by atoms with van der Waals surface area (Å²) in [6.45, 7) is 0. The second kappa shape index (κ2) is 3.57. The van der Waals surface area contributed by atoms with Crippen LogP contribution in [0.25, 0.3) is 0 Å². The standard InChI is InChI=1S/C7H12O4/c8-5-2-1-3-6(4-5)11-7(9)10/h5-6,8H,1-4H2,(H,9,10)/t5-,6+/m1/s1. The molecular weight excluding hydrogens is 148 g/mol. The van der Waals surface area contributed by atoms with Gasteiger partial charge in [0.25, 0.3) is 0 Å². The minimum absolute atomic E-state index is 0.295. The van der Waals surface area contributed by atoms with Gasteiger partial charge in [-0.1, -0.05) is 0 Å². The molecule has 0 saturated heterocycles. The van der Waals surface area contributed by atoms with E-state index in [1.165, 1.54) is 0 Å². The van der Waals surface area contributed by atoms with E-state index in [0.717, 1.165) is 19.3 Å². The van der Waals surface area contributed by atoms with Crippen molar-refractivity contribution < 1.29 is 19.7 Å². The molecule has 0 aromatic heterocycles. The molecule has 0 aliphatic heterocycles. The normalized spacial score (nSPS) is 31.4. The molecule has 1 fully saturated rings. The Bertz CT molecular complexity index is 145. The third kappa shape index (κ3) is 2.76. The van der Waals surface area contributed by atoms with E-state index in [1.54, 1.807) is 0 Å². The van der Waals surface area contributed by atoms with Crippen LogP contribution in [0.4, 0.5) is 4.79 Å². The van der Waals surface area contributed by atoms with Gasteiger partial charge in [0.2, 0.25) is 0 Å². The molecule has 2 N–H and O–H groups in total. The second-order valence-electron chi connectivity index (χ2n) is 2.83. The van der Waals surface area contributed by atoms with Crippen molar-refractivity contribution in [2.75, 3.05) is 0 Å². The maximum absolute atomic E-state index is 10.1. The van der Waals surface area contributed by atoms with Gasteiger partial charge in [0.15, 0.2) is 0 Å². The van der Waals surface area contributed by atoms with Crippen molar-refractivity contribution in [1.29, 1.82) is 0 Å². The molecule has 0 spiro atoms. The quantitative estimate of drug-likeness (QED) is 0.561. The van der Waals surface area contributed by atoms with Gasteiger partial charge >= 0.3 is 6.16 Å². The zero-order valence-electron chi connectivity index (χ0n) is 6.19. The Morgan fingerprint density at radius 1 is 1.45 bits per heavy atom. The highest BCUT2D eigenvalue weighted by Crippen LogP contribution is 2.20. The highest BCUT2D eigenvalue weighted by atomic mass is 16.7. The Kier molecular flexibility index (Phi) is 2.70. The molecule has 0 radical (unpaired) electrons. The fourth-order valence-corrected chi connectivity index (χ4v) is 1.37. The number of aliphatic hydroxyl groups is 1. The van der Waals surface area contributed by atoms with E-state index < -0.39 is 6.16 Å². The van der Waals surface area contributed by atoms with Crippen molar-refractivity contribution in [3.05, 3.63) is 0 Å². The van der Waals surface area contributed by atoms with Gasteiger partial charge in [0, 0.05) is 6.42 Å². The summed E-state index contributed by atoms with van der Waals surface area (Å²) in [4.78, 5) is 10.1. The summed E-state index contributed by atoms with van der Waals surface area (Å²) in [5.74, 6) is 0. The first-order valence-electron chi connectivity index (χ1n) is 3.76. The number of ether oxygens (including phenoxy) is 1. The molecule has 0 aromatic carbocycles. The largest absolute Gasteiger partial charge is 0.506 e. The van der Waals surface area contributed by atoms with Crippen LogP contribution in [-0.4, -0.2) is 28.6 Å². The molecule has 0 aromatic rings. The summed E-state index contributed by atoms with van der Waals surface area (Å²) in [6.07, 6.45) is 0.877. The van der Waals surface area contributed by atoms with Crippen molar-refractivity contribution in [3.8, 4) is 0 Å². The average Bonchev–Trinajstić information content (AvgIpc) is 1.85. The topological polar surface area (TPSA) is 66.8 Å². The summed E-state index contributed by atoms with van der Waals surface area (Å²) in [7, 11) is 0. The zero-order chi connectivity index (χ0) is 8.27. The lowest BCUT2D eigenvalue weighted by Gasteiger charge is -2.24. The van der Waals surface area contributed by atoms with Crippen molar-refractivity contribution in [2.45, 2.75) is 37.9 Å². The summed E-state index contributed by atoms with van der Waals surface area (Å²) in [6, 6.07) is 0. The summed E-state index contributed by atoms with van der Waals surface area (Å²) >= 11 is 0. The third-order valence-corrected chi connectivity index (χ3v) is 1.87. The van der Waals surface area contributed by atoms with E-state index in [4.69, 9.17) is 10.2 Å². The number of aliphatic hydroxyl groups excluding tert-OH is 1. The molecule has 11 heavy (non-hydrogen) atoms. The zero-order valence-corrected chi connectivity index (χ0v) is 6.19. The first-order chi connectivity index (χ1) is 5.18. The SMILES string of the molecule is O=C(O)O[C@H]1CCC[C@@H](O)C1. The number of carboxylic acid groups (broad SMARTS) is 1. The van der Waals surface area contributed by atoms with Crippen LogP contribution in [0.15, 0.2) is 0 Å². The van der Waals surface area contributed by atoms with E-state index in [1.807, 2.05) is 0 Å². The van der Waals surface area contributed by atoms with Crippen LogP contribution in [0.1, 0.15) is 25.7 Å². The van der Waals surface area contributed by atoms with Gasteiger partial charge in [-0.25, -0.2) is 4.79 Å². The van der Waals surface area contributed by atoms with Gasteiger partial charge in [0.05, 0.1) is 6.10 Å². The Balaban J connectivity index is 2.28. The Labute approximate surface area is 64.8 Å².